The molecular formula is C17H27IO2. The summed E-state index contributed by atoms with van der Waals surface area (Å²) in [5, 5.41) is 0. The van der Waals surface area contributed by atoms with E-state index < -0.39 is 0 Å². The van der Waals surface area contributed by atoms with Crippen LogP contribution < -0.4 is 0 Å². The van der Waals surface area contributed by atoms with Crippen molar-refractivity contribution in [2.24, 2.45) is 23.7 Å². The molecule has 3 saturated carbocycles. The Labute approximate surface area is 136 Å². The maximum absolute atomic E-state index is 12.4. The maximum Gasteiger partial charge on any atom is 0.319 e. The lowest BCUT2D eigenvalue weighted by molar-refractivity contribution is -0.201. The average Bonchev–Trinajstić information content (AvgIpc) is 2.49. The number of hydrogen-bond acceptors (Lipinski definition) is 2. The van der Waals surface area contributed by atoms with Gasteiger partial charge in [0, 0.05) is 0 Å². The third kappa shape index (κ3) is 2.32. The molecule has 20 heavy (non-hydrogen) atoms. The summed E-state index contributed by atoms with van der Waals surface area (Å²) in [4.78, 5) is 12.4. The van der Waals surface area contributed by atoms with Gasteiger partial charge in [0.25, 0.3) is 0 Å². The normalized spacial score (nSPS) is 44.1. The Morgan fingerprint density at radius 2 is 1.75 bits per heavy atom. The van der Waals surface area contributed by atoms with Crippen LogP contribution in [0.5, 0.6) is 0 Å². The molecular weight excluding hydrogens is 363 g/mol. The van der Waals surface area contributed by atoms with Crippen molar-refractivity contribution in [3.05, 3.63) is 0 Å². The molecule has 0 aromatic carbocycles. The third-order valence-corrected chi connectivity index (χ3v) is 7.84. The molecule has 0 N–H and O–H groups in total. The smallest absolute Gasteiger partial charge is 0.319 e. The van der Waals surface area contributed by atoms with Crippen molar-refractivity contribution >= 4 is 28.6 Å². The molecule has 3 heteroatoms. The summed E-state index contributed by atoms with van der Waals surface area (Å²) in [5.41, 5.74) is -0.127. The van der Waals surface area contributed by atoms with Gasteiger partial charge in [-0.15, -0.1) is 0 Å². The molecule has 0 heterocycles. The van der Waals surface area contributed by atoms with Crippen LogP contribution in [0.25, 0.3) is 0 Å². The lowest BCUT2D eigenvalue weighted by Gasteiger charge is -2.58. The number of esters is 1. The fraction of sp³-hybridized carbons (Fsp3) is 0.941. The van der Waals surface area contributed by atoms with Crippen LogP contribution in [-0.4, -0.2) is 15.5 Å². The van der Waals surface area contributed by atoms with Gasteiger partial charge in [-0.25, -0.2) is 0 Å². The second-order valence-electron chi connectivity index (χ2n) is 7.15. The highest BCUT2D eigenvalue weighted by molar-refractivity contribution is 14.1. The van der Waals surface area contributed by atoms with Gasteiger partial charge in [0.2, 0.25) is 0 Å². The molecule has 0 saturated heterocycles. The van der Waals surface area contributed by atoms with Gasteiger partial charge in [-0.2, -0.15) is 0 Å². The molecule has 3 rings (SSSR count). The topological polar surface area (TPSA) is 26.3 Å². The van der Waals surface area contributed by atoms with Crippen molar-refractivity contribution in [1.29, 1.82) is 0 Å². The van der Waals surface area contributed by atoms with Gasteiger partial charge in [-0.1, -0.05) is 36.4 Å². The SMILES string of the molecule is CCC(I)C(=O)OC1(CC)C2CCC3CCC1CC3C2. The van der Waals surface area contributed by atoms with Gasteiger partial charge < -0.3 is 4.74 Å². The minimum Gasteiger partial charge on any atom is -0.458 e. The fourth-order valence-corrected chi connectivity index (χ4v) is 5.48. The van der Waals surface area contributed by atoms with Crippen LogP contribution in [0, 0.1) is 23.7 Å². The van der Waals surface area contributed by atoms with Crippen molar-refractivity contribution in [2.75, 3.05) is 0 Å². The first-order valence-corrected chi connectivity index (χ1v) is 9.72. The van der Waals surface area contributed by atoms with E-state index in [2.05, 4.69) is 36.4 Å². The van der Waals surface area contributed by atoms with E-state index in [4.69, 9.17) is 4.74 Å². The molecule has 3 atom stereocenters. The molecule has 0 aromatic heterocycles. The monoisotopic (exact) mass is 390 g/mol. The maximum atomic E-state index is 12.4. The molecule has 0 amide bonds. The number of carbonyl (C=O) groups excluding carboxylic acids is 1. The van der Waals surface area contributed by atoms with Crippen molar-refractivity contribution < 1.29 is 9.53 Å². The Morgan fingerprint density at radius 1 is 1.15 bits per heavy atom. The molecule has 0 aromatic rings. The summed E-state index contributed by atoms with van der Waals surface area (Å²) in [6.45, 7) is 4.31. The van der Waals surface area contributed by atoms with Gasteiger partial charge in [0.05, 0.1) is 0 Å². The minimum absolute atomic E-state index is 0.0219. The predicted molar refractivity (Wildman–Crippen MR) is 88.9 cm³/mol. The van der Waals surface area contributed by atoms with E-state index in [-0.39, 0.29) is 15.5 Å². The first-order valence-electron chi connectivity index (χ1n) is 8.47. The van der Waals surface area contributed by atoms with Crippen molar-refractivity contribution in [1.82, 2.24) is 0 Å². The Balaban J connectivity index is 1.84. The molecule has 3 unspecified atom stereocenters. The second kappa shape index (κ2) is 5.77. The summed E-state index contributed by atoms with van der Waals surface area (Å²) < 4.78 is 6.27. The van der Waals surface area contributed by atoms with Gasteiger partial charge in [0.1, 0.15) is 9.53 Å². The zero-order valence-corrected chi connectivity index (χ0v) is 14.9. The van der Waals surface area contributed by atoms with Gasteiger partial charge >= 0.3 is 5.97 Å². The highest BCUT2D eigenvalue weighted by Crippen LogP contribution is 2.59. The van der Waals surface area contributed by atoms with Crippen LogP contribution in [0.1, 0.15) is 65.2 Å². The van der Waals surface area contributed by atoms with E-state index in [1.165, 1.54) is 38.5 Å². The lowest BCUT2D eigenvalue weighted by Crippen LogP contribution is -2.58. The average molecular weight is 390 g/mol. The van der Waals surface area contributed by atoms with E-state index in [1.807, 2.05) is 0 Å². The number of hydrogen-bond donors (Lipinski definition) is 0. The Bertz CT molecular complexity index is 363. The lowest BCUT2D eigenvalue weighted by atomic mass is 9.51. The third-order valence-electron chi connectivity index (χ3n) is 6.45. The molecule has 3 aliphatic rings. The van der Waals surface area contributed by atoms with Gasteiger partial charge in [-0.3, -0.25) is 4.79 Å². The van der Waals surface area contributed by atoms with Gasteiger partial charge in [0.15, 0.2) is 0 Å². The molecule has 0 aliphatic heterocycles. The molecule has 0 spiro atoms. The van der Waals surface area contributed by atoms with Crippen molar-refractivity contribution in [3.8, 4) is 0 Å². The molecule has 3 aliphatic carbocycles. The number of rotatable bonds is 4. The van der Waals surface area contributed by atoms with Crippen molar-refractivity contribution in [3.63, 3.8) is 0 Å². The zero-order chi connectivity index (χ0) is 14.3. The fourth-order valence-electron chi connectivity index (χ4n) is 5.35. The van der Waals surface area contributed by atoms with E-state index in [1.54, 1.807) is 0 Å². The summed E-state index contributed by atoms with van der Waals surface area (Å²) in [6.07, 6.45) is 9.86. The Morgan fingerprint density at radius 3 is 2.25 bits per heavy atom. The molecule has 3 bridgehead atoms. The van der Waals surface area contributed by atoms with Crippen LogP contribution in [0.3, 0.4) is 0 Å². The van der Waals surface area contributed by atoms with Crippen LogP contribution in [-0.2, 0) is 9.53 Å². The van der Waals surface area contributed by atoms with Crippen molar-refractivity contribution in [2.45, 2.75) is 74.7 Å². The standard InChI is InChI=1S/C17H27IO2/c1-3-15(18)16(19)20-17(4-2)13-7-5-11-6-8-14(17)10-12(11)9-13/h11-15H,3-10H2,1-2H3. The molecule has 114 valence electrons. The van der Waals surface area contributed by atoms with Crippen LogP contribution in [0.4, 0.5) is 0 Å². The van der Waals surface area contributed by atoms with Gasteiger partial charge in [-0.05, 0) is 75.0 Å². The van der Waals surface area contributed by atoms with Crippen LogP contribution in [0.15, 0.2) is 0 Å². The number of ether oxygens (including phenoxy) is 1. The first-order chi connectivity index (χ1) is 9.60. The van der Waals surface area contributed by atoms with E-state index in [0.29, 0.717) is 11.8 Å². The highest BCUT2D eigenvalue weighted by atomic mass is 127. The Hall–Kier alpha value is 0.200. The van der Waals surface area contributed by atoms with E-state index in [0.717, 1.165) is 24.7 Å². The quantitative estimate of drug-likeness (QED) is 0.394. The summed E-state index contributed by atoms with van der Waals surface area (Å²) in [7, 11) is 0. The number of alkyl halides is 1. The molecule has 3 fully saturated rings. The molecule has 0 radical (unpaired) electrons. The first kappa shape index (κ1) is 15.1. The Kier molecular flexibility index (Phi) is 4.36. The van der Waals surface area contributed by atoms with Crippen LogP contribution in [0.2, 0.25) is 0 Å². The summed E-state index contributed by atoms with van der Waals surface area (Å²) in [5.74, 6) is 3.24. The minimum atomic E-state index is -0.127. The number of carbonyl (C=O) groups is 1. The molecule has 2 nitrogen and oxygen atoms in total. The summed E-state index contributed by atoms with van der Waals surface area (Å²) >= 11 is 2.24. The van der Waals surface area contributed by atoms with E-state index in [9.17, 15) is 4.79 Å². The second-order valence-corrected chi connectivity index (χ2v) is 8.65. The summed E-state index contributed by atoms with van der Waals surface area (Å²) in [6, 6.07) is 0. The van der Waals surface area contributed by atoms with Crippen LogP contribution >= 0.6 is 22.6 Å². The van der Waals surface area contributed by atoms with E-state index >= 15 is 0 Å². The highest BCUT2D eigenvalue weighted by Gasteiger charge is 2.56. The largest absolute Gasteiger partial charge is 0.458 e. The predicted octanol–water partition coefficient (Wildman–Crippen LogP) is 4.74. The number of halogens is 1. The zero-order valence-electron chi connectivity index (χ0n) is 12.7. The number of fused-ring (bicyclic) bond motifs is 2.